The summed E-state index contributed by atoms with van der Waals surface area (Å²) in [5, 5.41) is 10.4. The van der Waals surface area contributed by atoms with Crippen molar-refractivity contribution < 1.29 is 42.0 Å². The van der Waals surface area contributed by atoms with Gasteiger partial charge in [-0.25, -0.2) is 13.8 Å². The molecule has 0 fully saturated rings. The Labute approximate surface area is 106 Å². The second-order valence-corrected chi connectivity index (χ2v) is 2.94. The summed E-state index contributed by atoms with van der Waals surface area (Å²) in [6.45, 7) is 0. The van der Waals surface area contributed by atoms with Gasteiger partial charge in [-0.2, -0.15) is 0 Å². The van der Waals surface area contributed by atoms with E-state index in [4.69, 9.17) is 4.42 Å². The predicted molar refractivity (Wildman–Crippen MR) is 46.2 cm³/mol. The first kappa shape index (κ1) is 13.4. The number of carbonyl (C=O) groups excluding carboxylic acids is 1. The van der Waals surface area contributed by atoms with Gasteiger partial charge in [0.25, 0.3) is 0 Å². The van der Waals surface area contributed by atoms with E-state index in [9.17, 15) is 18.7 Å². The Morgan fingerprint density at radius 1 is 1.35 bits per heavy atom. The fourth-order valence-corrected chi connectivity index (χ4v) is 1.18. The van der Waals surface area contributed by atoms with Crippen LogP contribution in [-0.2, 0) is 0 Å². The fourth-order valence-electron chi connectivity index (χ4n) is 1.18. The first-order chi connectivity index (χ1) is 7.58. The number of hydrogen-bond acceptors (Lipinski definition) is 4. The van der Waals surface area contributed by atoms with Crippen LogP contribution in [0.5, 0.6) is 0 Å². The van der Waals surface area contributed by atoms with Crippen LogP contribution in [-0.4, -0.2) is 11.0 Å². The minimum absolute atomic E-state index is 0. The van der Waals surface area contributed by atoms with Crippen LogP contribution in [0.3, 0.4) is 0 Å². The fraction of sp³-hybridized carbons (Fsp3) is 0. The van der Waals surface area contributed by atoms with Crippen LogP contribution in [0.2, 0.25) is 0 Å². The Morgan fingerprint density at radius 3 is 2.59 bits per heavy atom. The van der Waals surface area contributed by atoms with Gasteiger partial charge in [0.2, 0.25) is 5.89 Å². The maximum atomic E-state index is 13.3. The standard InChI is InChI=1S/C10H5F2NO3.Li/c11-5-1-2-6(7(12)3-5)8-4-13-9(16-8)10(14)15;/h1-4H,(H,14,15);/q;+1/p-1. The van der Waals surface area contributed by atoms with Gasteiger partial charge in [0.1, 0.15) is 17.6 Å². The summed E-state index contributed by atoms with van der Waals surface area (Å²) in [5.41, 5.74) is -0.0681. The topological polar surface area (TPSA) is 66.2 Å². The van der Waals surface area contributed by atoms with Crippen molar-refractivity contribution in [2.75, 3.05) is 0 Å². The van der Waals surface area contributed by atoms with E-state index >= 15 is 0 Å². The number of carboxylic acids is 1. The molecular formula is C10H4F2LiNO3. The number of oxazole rings is 1. The Kier molecular flexibility index (Phi) is 4.05. The molecule has 0 spiro atoms. The summed E-state index contributed by atoms with van der Waals surface area (Å²) >= 11 is 0. The SMILES string of the molecule is O=C([O-])c1ncc(-c2ccc(F)cc2F)o1.[Li+]. The summed E-state index contributed by atoms with van der Waals surface area (Å²) < 4.78 is 30.6. The number of aromatic carboxylic acids is 1. The maximum absolute atomic E-state index is 13.3. The third kappa shape index (κ3) is 2.73. The van der Waals surface area contributed by atoms with Crippen LogP contribution in [0, 0.1) is 11.6 Å². The molecule has 1 aromatic heterocycles. The molecule has 7 heteroatoms. The van der Waals surface area contributed by atoms with Crippen LogP contribution in [0.1, 0.15) is 10.7 Å². The largest absolute Gasteiger partial charge is 1.00 e. The van der Waals surface area contributed by atoms with Crippen molar-refractivity contribution in [3.8, 4) is 11.3 Å². The number of carbonyl (C=O) groups is 1. The molecular weight excluding hydrogens is 227 g/mol. The van der Waals surface area contributed by atoms with Gasteiger partial charge in [-0.15, -0.1) is 0 Å². The zero-order chi connectivity index (χ0) is 11.7. The second kappa shape index (κ2) is 5.12. The number of aromatic nitrogens is 1. The minimum atomic E-state index is -1.60. The minimum Gasteiger partial charge on any atom is -0.540 e. The monoisotopic (exact) mass is 231 g/mol. The van der Waals surface area contributed by atoms with Crippen LogP contribution in [0.25, 0.3) is 11.3 Å². The molecule has 0 bridgehead atoms. The molecule has 0 aliphatic carbocycles. The van der Waals surface area contributed by atoms with E-state index in [1.807, 2.05) is 0 Å². The molecule has 2 rings (SSSR count). The van der Waals surface area contributed by atoms with E-state index in [1.165, 1.54) is 0 Å². The Bertz CT molecular complexity index is 556. The molecule has 0 amide bonds. The molecule has 4 nitrogen and oxygen atoms in total. The van der Waals surface area contributed by atoms with Crippen LogP contribution in [0.4, 0.5) is 8.78 Å². The molecule has 82 valence electrons. The van der Waals surface area contributed by atoms with E-state index in [0.717, 1.165) is 18.3 Å². The first-order valence-corrected chi connectivity index (χ1v) is 4.20. The molecule has 0 saturated carbocycles. The molecule has 0 saturated heterocycles. The van der Waals surface area contributed by atoms with Gasteiger partial charge in [-0.3, -0.25) is 0 Å². The van der Waals surface area contributed by atoms with E-state index in [-0.39, 0.29) is 30.2 Å². The van der Waals surface area contributed by atoms with Gasteiger partial charge in [-0.05, 0) is 12.1 Å². The van der Waals surface area contributed by atoms with Gasteiger partial charge in [-0.1, -0.05) is 0 Å². The molecule has 0 aliphatic heterocycles. The summed E-state index contributed by atoms with van der Waals surface area (Å²) in [4.78, 5) is 13.7. The molecule has 17 heavy (non-hydrogen) atoms. The van der Waals surface area contributed by atoms with E-state index in [2.05, 4.69) is 4.98 Å². The number of halogens is 2. The van der Waals surface area contributed by atoms with Crippen molar-refractivity contribution in [2.24, 2.45) is 0 Å². The van der Waals surface area contributed by atoms with Gasteiger partial charge in [0.05, 0.1) is 11.8 Å². The van der Waals surface area contributed by atoms with Crippen LogP contribution < -0.4 is 24.0 Å². The van der Waals surface area contributed by atoms with E-state index in [0.29, 0.717) is 6.07 Å². The summed E-state index contributed by atoms with van der Waals surface area (Å²) in [5.74, 6) is -3.95. The molecule has 1 aromatic carbocycles. The van der Waals surface area contributed by atoms with Crippen molar-refractivity contribution in [3.63, 3.8) is 0 Å². The van der Waals surface area contributed by atoms with Crippen molar-refractivity contribution in [2.45, 2.75) is 0 Å². The quantitative estimate of drug-likeness (QED) is 0.560. The molecule has 0 radical (unpaired) electrons. The number of nitrogens with zero attached hydrogens (tertiary/aromatic N) is 1. The third-order valence-electron chi connectivity index (χ3n) is 1.88. The van der Waals surface area contributed by atoms with Crippen molar-refractivity contribution >= 4 is 5.97 Å². The maximum Gasteiger partial charge on any atom is 1.00 e. The van der Waals surface area contributed by atoms with Crippen LogP contribution >= 0.6 is 0 Å². The van der Waals surface area contributed by atoms with Gasteiger partial charge < -0.3 is 14.3 Å². The summed E-state index contributed by atoms with van der Waals surface area (Å²) in [6, 6.07) is 2.82. The predicted octanol–water partition coefficient (Wildman–Crippen LogP) is -2.01. The van der Waals surface area contributed by atoms with E-state index < -0.39 is 23.5 Å². The Balaban J connectivity index is 0.00000144. The Morgan fingerprint density at radius 2 is 2.06 bits per heavy atom. The molecule has 0 atom stereocenters. The zero-order valence-electron chi connectivity index (χ0n) is 8.74. The first-order valence-electron chi connectivity index (χ1n) is 4.20. The van der Waals surface area contributed by atoms with Crippen molar-refractivity contribution in [1.29, 1.82) is 0 Å². The average Bonchev–Trinajstić information content (AvgIpc) is 2.66. The van der Waals surface area contributed by atoms with Gasteiger partial charge in [0.15, 0.2) is 5.76 Å². The molecule has 0 aliphatic rings. The molecule has 1 heterocycles. The third-order valence-corrected chi connectivity index (χ3v) is 1.88. The smallest absolute Gasteiger partial charge is 0.540 e. The summed E-state index contributed by atoms with van der Waals surface area (Å²) in [7, 11) is 0. The number of benzene rings is 1. The van der Waals surface area contributed by atoms with Gasteiger partial charge in [0, 0.05) is 6.07 Å². The molecule has 2 aromatic rings. The zero-order valence-corrected chi connectivity index (χ0v) is 8.74. The van der Waals surface area contributed by atoms with Crippen molar-refractivity contribution in [3.05, 3.63) is 41.9 Å². The average molecular weight is 231 g/mol. The molecule has 0 unspecified atom stereocenters. The number of hydrogen-bond donors (Lipinski definition) is 0. The van der Waals surface area contributed by atoms with Crippen LogP contribution in [0.15, 0.2) is 28.8 Å². The normalized spacial score (nSPS) is 9.76. The number of rotatable bonds is 2. The van der Waals surface area contributed by atoms with E-state index in [1.54, 1.807) is 0 Å². The molecule has 0 N–H and O–H groups in total. The Hall–Kier alpha value is -1.64. The van der Waals surface area contributed by atoms with Gasteiger partial charge >= 0.3 is 18.9 Å². The van der Waals surface area contributed by atoms with Crippen molar-refractivity contribution in [1.82, 2.24) is 4.98 Å². The summed E-state index contributed by atoms with van der Waals surface area (Å²) in [6.07, 6.45) is 1.03. The number of carboxylic acid groups (broad SMARTS) is 1. The second-order valence-electron chi connectivity index (χ2n) is 2.94.